The van der Waals surface area contributed by atoms with Crippen LogP contribution in [0.15, 0.2) is 24.7 Å². The fraction of sp³-hybridized carbons (Fsp3) is 0.333. The molecule has 1 saturated carbocycles. The molecule has 0 radical (unpaired) electrons. The summed E-state index contributed by atoms with van der Waals surface area (Å²) in [7, 11) is 0. The number of hydrogen-bond donors (Lipinski definition) is 0. The lowest BCUT2D eigenvalue weighted by Crippen LogP contribution is -1.92. The zero-order chi connectivity index (χ0) is 11.1. The molecule has 2 heterocycles. The van der Waals surface area contributed by atoms with Crippen LogP contribution in [0.2, 0.25) is 0 Å². The van der Waals surface area contributed by atoms with Crippen molar-refractivity contribution in [3.05, 3.63) is 36.0 Å². The predicted octanol–water partition coefficient (Wildman–Crippen LogP) is 2.73. The van der Waals surface area contributed by atoms with Gasteiger partial charge < -0.3 is 0 Å². The van der Waals surface area contributed by atoms with Crippen LogP contribution < -0.4 is 0 Å². The second kappa shape index (κ2) is 3.40. The highest BCUT2D eigenvalue weighted by Gasteiger charge is 2.24. The Morgan fingerprint density at radius 1 is 1.38 bits per heavy atom. The van der Waals surface area contributed by atoms with Gasteiger partial charge in [0.25, 0.3) is 0 Å². The van der Waals surface area contributed by atoms with Crippen molar-refractivity contribution in [1.82, 2.24) is 14.8 Å². The quantitative estimate of drug-likeness (QED) is 0.774. The van der Waals surface area contributed by atoms with Gasteiger partial charge in [-0.25, -0.2) is 4.39 Å². The molecule has 0 aromatic carbocycles. The van der Waals surface area contributed by atoms with Gasteiger partial charge in [0.1, 0.15) is 5.82 Å². The molecule has 0 aliphatic heterocycles. The summed E-state index contributed by atoms with van der Waals surface area (Å²) in [4.78, 5) is 4.21. The van der Waals surface area contributed by atoms with Gasteiger partial charge >= 0.3 is 0 Å². The molecule has 0 saturated heterocycles. The van der Waals surface area contributed by atoms with E-state index in [0.717, 1.165) is 5.56 Å². The maximum atomic E-state index is 13.4. The number of hydrogen-bond acceptors (Lipinski definition) is 2. The van der Waals surface area contributed by atoms with Gasteiger partial charge in [0.2, 0.25) is 0 Å². The standard InChI is InChI=1S/C12H12FN3/c1-8-5-14-12(4-11(8)13)9-6-15-16(7-9)10-2-3-10/h4-7,10H,2-3H2,1H3. The number of halogens is 1. The third-order valence-electron chi connectivity index (χ3n) is 2.86. The molecule has 4 heteroatoms. The Labute approximate surface area is 92.9 Å². The Morgan fingerprint density at radius 2 is 2.19 bits per heavy atom. The first-order valence-electron chi connectivity index (χ1n) is 5.41. The molecule has 0 unspecified atom stereocenters. The van der Waals surface area contributed by atoms with Gasteiger partial charge in [0.15, 0.2) is 0 Å². The van der Waals surface area contributed by atoms with Crippen LogP contribution in [0.1, 0.15) is 24.4 Å². The molecule has 82 valence electrons. The smallest absolute Gasteiger partial charge is 0.129 e. The van der Waals surface area contributed by atoms with Gasteiger partial charge in [-0.1, -0.05) is 0 Å². The Balaban J connectivity index is 1.97. The van der Waals surface area contributed by atoms with E-state index in [2.05, 4.69) is 10.1 Å². The molecule has 2 aromatic heterocycles. The van der Waals surface area contributed by atoms with Crippen molar-refractivity contribution in [3.8, 4) is 11.3 Å². The summed E-state index contributed by atoms with van der Waals surface area (Å²) in [6.07, 6.45) is 7.62. The Hall–Kier alpha value is -1.71. The van der Waals surface area contributed by atoms with Crippen molar-refractivity contribution in [2.24, 2.45) is 0 Å². The SMILES string of the molecule is Cc1cnc(-c2cnn(C3CC3)c2)cc1F. The second-order valence-electron chi connectivity index (χ2n) is 4.26. The lowest BCUT2D eigenvalue weighted by atomic mass is 10.2. The summed E-state index contributed by atoms with van der Waals surface area (Å²) in [5.74, 6) is -0.218. The lowest BCUT2D eigenvalue weighted by molar-refractivity contribution is 0.616. The molecule has 0 bridgehead atoms. The van der Waals surface area contributed by atoms with Crippen LogP contribution in [0.3, 0.4) is 0 Å². The number of pyridine rings is 1. The monoisotopic (exact) mass is 217 g/mol. The molecule has 3 rings (SSSR count). The van der Waals surface area contributed by atoms with E-state index in [1.165, 1.54) is 18.9 Å². The minimum atomic E-state index is -0.218. The third-order valence-corrected chi connectivity index (χ3v) is 2.86. The highest BCUT2D eigenvalue weighted by Crippen LogP contribution is 2.35. The molecule has 3 nitrogen and oxygen atoms in total. The molecule has 0 atom stereocenters. The van der Waals surface area contributed by atoms with Gasteiger partial charge in [-0.05, 0) is 19.8 Å². The minimum absolute atomic E-state index is 0.218. The fourth-order valence-corrected chi connectivity index (χ4v) is 1.67. The van der Waals surface area contributed by atoms with Crippen LogP contribution >= 0.6 is 0 Å². The van der Waals surface area contributed by atoms with Crippen molar-refractivity contribution < 1.29 is 4.39 Å². The van der Waals surface area contributed by atoms with E-state index < -0.39 is 0 Å². The van der Waals surface area contributed by atoms with E-state index in [-0.39, 0.29) is 5.82 Å². The first-order valence-corrected chi connectivity index (χ1v) is 5.41. The maximum Gasteiger partial charge on any atom is 0.129 e. The largest absolute Gasteiger partial charge is 0.269 e. The molecule has 0 amide bonds. The van der Waals surface area contributed by atoms with Crippen molar-refractivity contribution in [1.29, 1.82) is 0 Å². The predicted molar refractivity (Wildman–Crippen MR) is 58.4 cm³/mol. The molecule has 2 aromatic rings. The third kappa shape index (κ3) is 1.60. The molecule has 1 aliphatic carbocycles. The topological polar surface area (TPSA) is 30.7 Å². The van der Waals surface area contributed by atoms with Crippen molar-refractivity contribution in [2.45, 2.75) is 25.8 Å². The highest BCUT2D eigenvalue weighted by molar-refractivity contribution is 5.57. The van der Waals surface area contributed by atoms with E-state index >= 15 is 0 Å². The van der Waals surface area contributed by atoms with E-state index in [0.29, 0.717) is 17.3 Å². The summed E-state index contributed by atoms with van der Waals surface area (Å²) in [6.45, 7) is 1.71. The van der Waals surface area contributed by atoms with Crippen molar-refractivity contribution in [3.63, 3.8) is 0 Å². The first-order chi connectivity index (χ1) is 7.74. The Morgan fingerprint density at radius 3 is 2.88 bits per heavy atom. The molecule has 0 spiro atoms. The maximum absolute atomic E-state index is 13.4. The first kappa shape index (κ1) is 9.51. The average Bonchev–Trinajstić information content (AvgIpc) is 3.01. The van der Waals surface area contributed by atoms with Crippen LogP contribution in [-0.4, -0.2) is 14.8 Å². The fourth-order valence-electron chi connectivity index (χ4n) is 1.67. The molecular formula is C12H12FN3. The zero-order valence-electron chi connectivity index (χ0n) is 9.02. The molecule has 0 N–H and O–H groups in total. The van der Waals surface area contributed by atoms with Crippen LogP contribution in [0.25, 0.3) is 11.3 Å². The summed E-state index contributed by atoms with van der Waals surface area (Å²) < 4.78 is 15.3. The van der Waals surface area contributed by atoms with E-state index in [1.807, 2.05) is 10.9 Å². The number of aromatic nitrogens is 3. The van der Waals surface area contributed by atoms with Crippen LogP contribution in [0, 0.1) is 12.7 Å². The number of nitrogens with zero attached hydrogens (tertiary/aromatic N) is 3. The highest BCUT2D eigenvalue weighted by atomic mass is 19.1. The molecule has 1 fully saturated rings. The van der Waals surface area contributed by atoms with Crippen molar-refractivity contribution in [2.75, 3.05) is 0 Å². The molecule has 16 heavy (non-hydrogen) atoms. The average molecular weight is 217 g/mol. The second-order valence-corrected chi connectivity index (χ2v) is 4.26. The van der Waals surface area contributed by atoms with Gasteiger partial charge in [-0.2, -0.15) is 5.10 Å². The van der Waals surface area contributed by atoms with E-state index in [9.17, 15) is 4.39 Å². The summed E-state index contributed by atoms with van der Waals surface area (Å²) in [5, 5.41) is 4.26. The van der Waals surface area contributed by atoms with Crippen LogP contribution in [0.5, 0.6) is 0 Å². The van der Waals surface area contributed by atoms with E-state index in [1.54, 1.807) is 19.3 Å². The van der Waals surface area contributed by atoms with Gasteiger partial charge in [0.05, 0.1) is 17.9 Å². The van der Waals surface area contributed by atoms with Gasteiger partial charge in [-0.3, -0.25) is 9.67 Å². The van der Waals surface area contributed by atoms with Crippen LogP contribution in [0.4, 0.5) is 4.39 Å². The Bertz CT molecular complexity index is 529. The summed E-state index contributed by atoms with van der Waals surface area (Å²) in [6, 6.07) is 2.01. The Kier molecular flexibility index (Phi) is 2.02. The van der Waals surface area contributed by atoms with Crippen molar-refractivity contribution >= 4 is 0 Å². The van der Waals surface area contributed by atoms with Gasteiger partial charge in [0, 0.05) is 29.6 Å². The normalized spacial score (nSPS) is 15.4. The molecular weight excluding hydrogens is 205 g/mol. The zero-order valence-corrected chi connectivity index (χ0v) is 9.02. The minimum Gasteiger partial charge on any atom is -0.269 e. The lowest BCUT2D eigenvalue weighted by Gasteiger charge is -1.99. The van der Waals surface area contributed by atoms with Gasteiger partial charge in [-0.15, -0.1) is 0 Å². The number of rotatable bonds is 2. The van der Waals surface area contributed by atoms with Crippen LogP contribution in [-0.2, 0) is 0 Å². The number of aryl methyl sites for hydroxylation is 1. The summed E-state index contributed by atoms with van der Waals surface area (Å²) in [5.41, 5.74) is 2.10. The van der Waals surface area contributed by atoms with E-state index in [4.69, 9.17) is 0 Å². The summed E-state index contributed by atoms with van der Waals surface area (Å²) >= 11 is 0. The molecule has 1 aliphatic rings.